The summed E-state index contributed by atoms with van der Waals surface area (Å²) in [7, 11) is 0. The van der Waals surface area contributed by atoms with Gasteiger partial charge in [-0.1, -0.05) is 0 Å². The lowest BCUT2D eigenvalue weighted by Crippen LogP contribution is -2.09. The number of carbonyl (C=O) groups excluding carboxylic acids is 1. The molecule has 0 aliphatic rings. The van der Waals surface area contributed by atoms with E-state index in [4.69, 9.17) is 10.2 Å². The van der Waals surface area contributed by atoms with Crippen molar-refractivity contribution < 1.29 is 9.21 Å². The third-order valence-electron chi connectivity index (χ3n) is 2.91. The first kappa shape index (κ1) is 12.2. The number of rotatable bonds is 4. The average molecular weight is 271 g/mol. The van der Waals surface area contributed by atoms with Crippen LogP contribution in [-0.2, 0) is 0 Å². The van der Waals surface area contributed by atoms with Crippen molar-refractivity contribution in [1.29, 1.82) is 0 Å². The summed E-state index contributed by atoms with van der Waals surface area (Å²) < 4.78 is 7.01. The van der Waals surface area contributed by atoms with Gasteiger partial charge in [-0.25, -0.2) is 9.97 Å². The normalized spacial score (nSPS) is 10.8. The lowest BCUT2D eigenvalue weighted by Gasteiger charge is -2.07. The molecule has 0 aromatic carbocycles. The van der Waals surface area contributed by atoms with Crippen molar-refractivity contribution in [2.75, 3.05) is 11.9 Å². The molecule has 1 amide bonds. The monoisotopic (exact) mass is 271 g/mol. The minimum Gasteiger partial charge on any atom is -0.458 e. The summed E-state index contributed by atoms with van der Waals surface area (Å²) in [5.74, 6) is 0.222. The predicted molar refractivity (Wildman–Crippen MR) is 73.4 cm³/mol. The molecule has 3 heterocycles. The molecule has 20 heavy (non-hydrogen) atoms. The van der Waals surface area contributed by atoms with Gasteiger partial charge in [0.2, 0.25) is 0 Å². The topological polar surface area (TPSA) is 98.5 Å². The second-order valence-corrected chi connectivity index (χ2v) is 4.21. The Kier molecular flexibility index (Phi) is 2.86. The van der Waals surface area contributed by atoms with Gasteiger partial charge in [-0.3, -0.25) is 9.20 Å². The standard InChI is InChI=1S/C13H13N5O2/c1-2-15-12-13-16-3-4-18(13)9(6-17-12)8-5-10(11(14)19)20-7-8/h3-7H,2H2,1H3,(H2,14,19)(H,15,17). The van der Waals surface area contributed by atoms with Crippen molar-refractivity contribution in [2.45, 2.75) is 6.92 Å². The van der Waals surface area contributed by atoms with Gasteiger partial charge in [0.1, 0.15) is 6.26 Å². The van der Waals surface area contributed by atoms with E-state index in [9.17, 15) is 4.79 Å². The number of amides is 1. The number of fused-ring (bicyclic) bond motifs is 1. The second-order valence-electron chi connectivity index (χ2n) is 4.21. The Morgan fingerprint density at radius 1 is 1.50 bits per heavy atom. The molecule has 0 fully saturated rings. The van der Waals surface area contributed by atoms with Gasteiger partial charge in [0.15, 0.2) is 17.2 Å². The first-order chi connectivity index (χ1) is 9.70. The van der Waals surface area contributed by atoms with Crippen LogP contribution in [0.25, 0.3) is 16.9 Å². The zero-order chi connectivity index (χ0) is 14.1. The summed E-state index contributed by atoms with van der Waals surface area (Å²) >= 11 is 0. The number of aromatic nitrogens is 3. The van der Waals surface area contributed by atoms with Crippen LogP contribution in [-0.4, -0.2) is 26.8 Å². The third-order valence-corrected chi connectivity index (χ3v) is 2.91. The number of primary amides is 1. The molecule has 0 saturated heterocycles. The maximum atomic E-state index is 11.1. The molecule has 0 atom stereocenters. The fraction of sp³-hybridized carbons (Fsp3) is 0.154. The summed E-state index contributed by atoms with van der Waals surface area (Å²) in [5.41, 5.74) is 7.39. The van der Waals surface area contributed by atoms with Gasteiger partial charge in [0, 0.05) is 24.5 Å². The van der Waals surface area contributed by atoms with Crippen molar-refractivity contribution >= 4 is 17.4 Å². The largest absolute Gasteiger partial charge is 0.458 e. The molecule has 0 aliphatic carbocycles. The van der Waals surface area contributed by atoms with E-state index in [2.05, 4.69) is 15.3 Å². The predicted octanol–water partition coefficient (Wildman–Crippen LogP) is 1.52. The summed E-state index contributed by atoms with van der Waals surface area (Å²) in [6, 6.07) is 1.59. The Labute approximate surface area is 114 Å². The fourth-order valence-electron chi connectivity index (χ4n) is 2.02. The maximum Gasteiger partial charge on any atom is 0.284 e. The van der Waals surface area contributed by atoms with Gasteiger partial charge < -0.3 is 15.5 Å². The van der Waals surface area contributed by atoms with Crippen molar-refractivity contribution in [3.63, 3.8) is 0 Å². The molecule has 0 radical (unpaired) electrons. The molecule has 102 valence electrons. The van der Waals surface area contributed by atoms with E-state index in [1.54, 1.807) is 18.5 Å². The number of imidazole rings is 1. The average Bonchev–Trinajstić information content (AvgIpc) is 3.08. The van der Waals surface area contributed by atoms with Crippen LogP contribution in [0.3, 0.4) is 0 Å². The zero-order valence-corrected chi connectivity index (χ0v) is 10.8. The molecule has 0 bridgehead atoms. The van der Waals surface area contributed by atoms with E-state index in [1.165, 1.54) is 6.26 Å². The first-order valence-electron chi connectivity index (χ1n) is 6.15. The van der Waals surface area contributed by atoms with Gasteiger partial charge in [0.25, 0.3) is 5.91 Å². The molecule has 0 saturated carbocycles. The molecule has 0 aliphatic heterocycles. The van der Waals surface area contributed by atoms with Crippen LogP contribution in [0, 0.1) is 0 Å². The summed E-state index contributed by atoms with van der Waals surface area (Å²) in [5, 5.41) is 3.15. The van der Waals surface area contributed by atoms with Crippen molar-refractivity contribution in [1.82, 2.24) is 14.4 Å². The number of carbonyl (C=O) groups is 1. The van der Waals surface area contributed by atoms with Gasteiger partial charge in [0.05, 0.1) is 11.9 Å². The molecule has 3 N–H and O–H groups in total. The SMILES string of the molecule is CCNc1ncc(-c2coc(C(N)=O)c2)n2ccnc12. The quantitative estimate of drug-likeness (QED) is 0.749. The van der Waals surface area contributed by atoms with E-state index < -0.39 is 5.91 Å². The Hall–Kier alpha value is -2.83. The van der Waals surface area contributed by atoms with E-state index in [0.717, 1.165) is 17.8 Å². The first-order valence-corrected chi connectivity index (χ1v) is 6.15. The zero-order valence-electron chi connectivity index (χ0n) is 10.8. The third kappa shape index (κ3) is 1.89. The smallest absolute Gasteiger partial charge is 0.284 e. The summed E-state index contributed by atoms with van der Waals surface area (Å²) in [6.07, 6.45) is 6.69. The number of nitrogens with one attached hydrogen (secondary N) is 1. The van der Waals surface area contributed by atoms with Gasteiger partial charge in [-0.15, -0.1) is 0 Å². The number of nitrogens with two attached hydrogens (primary N) is 1. The molecule has 3 aromatic heterocycles. The summed E-state index contributed by atoms with van der Waals surface area (Å²) in [4.78, 5) is 19.7. The van der Waals surface area contributed by atoms with E-state index in [0.29, 0.717) is 11.5 Å². The fourth-order valence-corrected chi connectivity index (χ4v) is 2.02. The molecule has 7 nitrogen and oxygen atoms in total. The van der Waals surface area contributed by atoms with Crippen LogP contribution >= 0.6 is 0 Å². The van der Waals surface area contributed by atoms with Gasteiger partial charge in [-0.05, 0) is 13.0 Å². The number of furan rings is 1. The van der Waals surface area contributed by atoms with Crippen LogP contribution < -0.4 is 11.1 Å². The Morgan fingerprint density at radius 3 is 3.05 bits per heavy atom. The lowest BCUT2D eigenvalue weighted by atomic mass is 10.2. The van der Waals surface area contributed by atoms with Gasteiger partial charge in [-0.2, -0.15) is 0 Å². The molecular weight excluding hydrogens is 258 g/mol. The van der Waals surface area contributed by atoms with E-state index in [-0.39, 0.29) is 5.76 Å². The van der Waals surface area contributed by atoms with Crippen LogP contribution in [0.15, 0.2) is 35.3 Å². The Morgan fingerprint density at radius 2 is 2.35 bits per heavy atom. The maximum absolute atomic E-state index is 11.1. The highest BCUT2D eigenvalue weighted by Gasteiger charge is 2.13. The van der Waals surface area contributed by atoms with Crippen LogP contribution in [0.5, 0.6) is 0 Å². The van der Waals surface area contributed by atoms with Crippen LogP contribution in [0.2, 0.25) is 0 Å². The van der Waals surface area contributed by atoms with Gasteiger partial charge >= 0.3 is 0 Å². The van der Waals surface area contributed by atoms with Crippen LogP contribution in [0.1, 0.15) is 17.5 Å². The van der Waals surface area contributed by atoms with Crippen molar-refractivity contribution in [3.05, 3.63) is 36.7 Å². The van der Waals surface area contributed by atoms with E-state index >= 15 is 0 Å². The number of hydrogen-bond donors (Lipinski definition) is 2. The minimum atomic E-state index is -0.602. The Bertz CT molecular complexity index is 774. The Balaban J connectivity index is 2.14. The molecular formula is C13H13N5O2. The number of hydrogen-bond acceptors (Lipinski definition) is 5. The van der Waals surface area contributed by atoms with Crippen molar-refractivity contribution in [3.8, 4) is 11.3 Å². The van der Waals surface area contributed by atoms with Crippen LogP contribution in [0.4, 0.5) is 5.82 Å². The second kappa shape index (κ2) is 4.69. The molecule has 3 aromatic rings. The summed E-state index contributed by atoms with van der Waals surface area (Å²) in [6.45, 7) is 2.75. The molecule has 3 rings (SSSR count). The minimum absolute atomic E-state index is 0.115. The van der Waals surface area contributed by atoms with E-state index in [1.807, 2.05) is 17.5 Å². The highest BCUT2D eigenvalue weighted by atomic mass is 16.3. The highest BCUT2D eigenvalue weighted by Crippen LogP contribution is 2.24. The molecule has 0 spiro atoms. The number of nitrogens with zero attached hydrogens (tertiary/aromatic N) is 3. The lowest BCUT2D eigenvalue weighted by molar-refractivity contribution is 0.0974. The molecule has 0 unspecified atom stereocenters. The highest BCUT2D eigenvalue weighted by molar-refractivity contribution is 5.91. The van der Waals surface area contributed by atoms with Crippen molar-refractivity contribution in [2.24, 2.45) is 5.73 Å². The molecule has 7 heteroatoms. The number of anilines is 1.